The van der Waals surface area contributed by atoms with Crippen molar-refractivity contribution < 1.29 is 61.8 Å². The molecule has 5 N–H and O–H groups in total. The topological polar surface area (TPSA) is 232 Å². The first-order chi connectivity index (χ1) is 22.1. The summed E-state index contributed by atoms with van der Waals surface area (Å²) in [6, 6.07) is -3.21. The molecule has 49 heavy (non-hydrogen) atoms. The molecule has 284 valence electrons. The Bertz CT molecular complexity index is 1290. The summed E-state index contributed by atoms with van der Waals surface area (Å²) in [4.78, 5) is 41.9. The van der Waals surface area contributed by atoms with Crippen LogP contribution >= 0.6 is 0 Å². The highest BCUT2D eigenvalue weighted by molar-refractivity contribution is 7.89. The van der Waals surface area contributed by atoms with Crippen molar-refractivity contribution in [3.63, 3.8) is 0 Å². The van der Waals surface area contributed by atoms with Crippen LogP contribution in [0.1, 0.15) is 88.5 Å². The number of amides is 3. The van der Waals surface area contributed by atoms with E-state index in [4.69, 9.17) is 23.7 Å². The van der Waals surface area contributed by atoms with Crippen LogP contribution in [0.4, 0.5) is 14.4 Å². The molecule has 1 aliphatic heterocycles. The Morgan fingerprint density at radius 2 is 1.55 bits per heavy atom. The Morgan fingerprint density at radius 3 is 2.10 bits per heavy atom. The summed E-state index contributed by atoms with van der Waals surface area (Å²) in [5.41, 5.74) is -4.21. The molecule has 0 radical (unpaired) electrons. The van der Waals surface area contributed by atoms with Crippen molar-refractivity contribution in [1.82, 2.24) is 14.9 Å². The highest BCUT2D eigenvalue weighted by Gasteiger charge is 2.52. The molecule has 2 fully saturated rings. The highest BCUT2D eigenvalue weighted by Crippen LogP contribution is 2.33. The molecule has 0 aromatic carbocycles. The summed E-state index contributed by atoms with van der Waals surface area (Å²) >= 11 is 0. The lowest BCUT2D eigenvalue weighted by Crippen LogP contribution is -2.68. The van der Waals surface area contributed by atoms with E-state index in [9.17, 15) is 38.1 Å². The van der Waals surface area contributed by atoms with E-state index in [1.165, 1.54) is 14.0 Å². The zero-order chi connectivity index (χ0) is 37.8. The molecule has 8 atom stereocenters. The number of hydrogen-bond donors (Lipinski definition) is 5. The quantitative estimate of drug-likeness (QED) is 0.169. The van der Waals surface area contributed by atoms with E-state index in [1.54, 1.807) is 62.3 Å². The molecule has 3 amide bonds. The minimum atomic E-state index is -4.12. The van der Waals surface area contributed by atoms with Gasteiger partial charge in [0, 0.05) is 19.3 Å². The van der Waals surface area contributed by atoms with E-state index < -0.39 is 106 Å². The maximum atomic E-state index is 13.2. The van der Waals surface area contributed by atoms with Crippen molar-refractivity contribution >= 4 is 34.5 Å². The third kappa shape index (κ3) is 14.3. The number of aliphatic hydroxyl groups excluding tert-OH is 2. The van der Waals surface area contributed by atoms with Crippen LogP contribution in [-0.2, 0) is 33.7 Å². The maximum absolute atomic E-state index is 13.2. The molecular weight excluding hydrogens is 668 g/mol. The summed E-state index contributed by atoms with van der Waals surface area (Å²) in [6.45, 7) is 16.0. The number of nitrogens with zero attached hydrogens (tertiary/aromatic N) is 2. The van der Waals surface area contributed by atoms with Gasteiger partial charge in [-0.3, -0.25) is 0 Å². The lowest BCUT2D eigenvalue weighted by Gasteiger charge is -2.49. The highest BCUT2D eigenvalue weighted by atomic mass is 32.2. The minimum Gasteiger partial charge on any atom is -0.444 e. The van der Waals surface area contributed by atoms with Crippen LogP contribution in [0.25, 0.3) is 0 Å². The van der Waals surface area contributed by atoms with Crippen molar-refractivity contribution in [3.05, 3.63) is 0 Å². The monoisotopic (exact) mass is 724 g/mol. The fourth-order valence-corrected chi connectivity index (χ4v) is 6.59. The summed E-state index contributed by atoms with van der Waals surface area (Å²) < 4.78 is 56.4. The maximum Gasteiger partial charge on any atom is 0.433 e. The van der Waals surface area contributed by atoms with Gasteiger partial charge in [-0.15, -0.1) is 0 Å². The van der Waals surface area contributed by atoms with E-state index in [-0.39, 0.29) is 19.3 Å². The third-order valence-corrected chi connectivity index (χ3v) is 8.60. The van der Waals surface area contributed by atoms with Gasteiger partial charge in [0.1, 0.15) is 34.6 Å². The van der Waals surface area contributed by atoms with E-state index in [0.717, 1.165) is 11.1 Å². The van der Waals surface area contributed by atoms with Crippen LogP contribution in [0.5, 0.6) is 0 Å². The van der Waals surface area contributed by atoms with Gasteiger partial charge in [0.25, 0.3) is 0 Å². The molecule has 8 unspecified atom stereocenters. The first-order valence-corrected chi connectivity index (χ1v) is 17.8. The zero-order valence-corrected chi connectivity index (χ0v) is 31.2. The average molecular weight is 725 g/mol. The number of sulfonamides is 1. The number of likely N-dealkylation sites (N-methyl/N-ethyl adjacent to an activating group) is 1. The molecule has 2 rings (SSSR count). The molecule has 18 heteroatoms. The van der Waals surface area contributed by atoms with Gasteiger partial charge >= 0.3 is 18.3 Å². The van der Waals surface area contributed by atoms with Crippen molar-refractivity contribution in [1.29, 1.82) is 0 Å². The Kier molecular flexibility index (Phi) is 14.0. The van der Waals surface area contributed by atoms with Crippen LogP contribution in [0.15, 0.2) is 4.99 Å². The molecule has 0 aromatic rings. The SMILES string of the molecule is CN(C(=O)OC(C)(C)C)C1C(O)C(OC2C(O)CC(NC(=O)OC(C)(C)C)CC2NS(=O)(=O)CCC=NC(=O)OC(C)(C)C)OCC1(C)O. The van der Waals surface area contributed by atoms with Gasteiger partial charge in [-0.25, -0.2) is 27.5 Å². The van der Waals surface area contributed by atoms with Gasteiger partial charge in [-0.2, -0.15) is 4.99 Å². The fourth-order valence-electron chi connectivity index (χ4n) is 5.37. The number of aliphatic hydroxyl groups is 3. The van der Waals surface area contributed by atoms with Crippen LogP contribution < -0.4 is 10.0 Å². The average Bonchev–Trinajstić information content (AvgIpc) is 2.86. The predicted molar refractivity (Wildman–Crippen MR) is 177 cm³/mol. The molecule has 2 aliphatic rings. The predicted octanol–water partition coefficient (Wildman–Crippen LogP) is 1.81. The summed E-state index contributed by atoms with van der Waals surface area (Å²) in [7, 11) is -2.78. The minimum absolute atomic E-state index is 0.0615. The normalized spacial score (nSPS) is 30.0. The molecule has 1 heterocycles. The summed E-state index contributed by atoms with van der Waals surface area (Å²) in [5.74, 6) is -0.503. The Balaban J connectivity index is 2.29. The van der Waals surface area contributed by atoms with Gasteiger partial charge in [0.05, 0.1) is 30.5 Å². The Morgan fingerprint density at radius 1 is 0.980 bits per heavy atom. The van der Waals surface area contributed by atoms with Gasteiger partial charge in [-0.05, 0) is 88.5 Å². The van der Waals surface area contributed by atoms with Gasteiger partial charge < -0.3 is 49.2 Å². The molecule has 17 nitrogen and oxygen atoms in total. The molecule has 1 saturated carbocycles. The first kappa shape index (κ1) is 42.6. The van der Waals surface area contributed by atoms with Crippen molar-refractivity contribution in [2.45, 2.75) is 154 Å². The molecule has 1 saturated heterocycles. The Hall–Kier alpha value is -2.61. The van der Waals surface area contributed by atoms with Crippen LogP contribution in [0.3, 0.4) is 0 Å². The van der Waals surface area contributed by atoms with Crippen molar-refractivity contribution in [2.75, 3.05) is 19.4 Å². The fraction of sp³-hybridized carbons (Fsp3) is 0.871. The second-order valence-electron chi connectivity index (χ2n) is 15.7. The Labute approximate surface area is 289 Å². The first-order valence-electron chi connectivity index (χ1n) is 16.2. The lowest BCUT2D eigenvalue weighted by molar-refractivity contribution is -0.301. The number of alkyl carbamates (subject to hydrolysis) is 1. The number of hydrogen-bond acceptors (Lipinski definition) is 13. The summed E-state index contributed by atoms with van der Waals surface area (Å²) in [5, 5.41) is 36.3. The van der Waals surface area contributed by atoms with E-state index in [1.807, 2.05) is 0 Å². The van der Waals surface area contributed by atoms with Crippen LogP contribution in [0.2, 0.25) is 0 Å². The smallest absolute Gasteiger partial charge is 0.433 e. The van der Waals surface area contributed by atoms with Crippen LogP contribution in [-0.4, -0.2) is 138 Å². The molecule has 0 aromatic heterocycles. The van der Waals surface area contributed by atoms with Crippen LogP contribution in [0, 0.1) is 0 Å². The molecule has 1 aliphatic carbocycles. The van der Waals surface area contributed by atoms with E-state index >= 15 is 0 Å². The van der Waals surface area contributed by atoms with E-state index in [2.05, 4.69) is 15.0 Å². The number of ether oxygens (including phenoxy) is 5. The summed E-state index contributed by atoms with van der Waals surface area (Å²) in [6.07, 6.45) is -7.58. The second-order valence-corrected chi connectivity index (χ2v) is 17.5. The van der Waals surface area contributed by atoms with E-state index in [0.29, 0.717) is 0 Å². The van der Waals surface area contributed by atoms with Gasteiger partial charge in [0.15, 0.2) is 6.29 Å². The number of rotatable bonds is 9. The lowest BCUT2D eigenvalue weighted by atomic mass is 9.86. The van der Waals surface area contributed by atoms with Gasteiger partial charge in [-0.1, -0.05) is 0 Å². The number of nitrogens with one attached hydrogen (secondary N) is 2. The molecule has 0 spiro atoms. The largest absolute Gasteiger partial charge is 0.444 e. The number of carbonyl (C=O) groups excluding carboxylic acids is 3. The van der Waals surface area contributed by atoms with Gasteiger partial charge in [0.2, 0.25) is 10.0 Å². The number of carbonyl (C=O) groups is 3. The van der Waals surface area contributed by atoms with Crippen molar-refractivity contribution in [2.24, 2.45) is 4.99 Å². The molecule has 0 bridgehead atoms. The third-order valence-electron chi connectivity index (χ3n) is 7.17. The van der Waals surface area contributed by atoms with Crippen molar-refractivity contribution in [3.8, 4) is 0 Å². The molecular formula is C31H56N4O13S. The second kappa shape index (κ2) is 16.2. The standard InChI is InChI=1S/C31H56N4O13S/c1-28(2,3)46-25(38)32-13-12-14-49(42,43)34-19-15-18(33-26(39)47-29(4,5)6)16-20(36)22(19)45-24-21(37)23(31(10,41)17-44-24)35(11)27(40)48-30(7,8)9/h13,18-24,34,36-37,41H,12,14-17H2,1-11H3,(H,33,39). The zero-order valence-electron chi connectivity index (χ0n) is 30.4. The number of aliphatic imine (C=N–C) groups is 1.